The third kappa shape index (κ3) is 6.93. The second-order valence-corrected chi connectivity index (χ2v) is 7.23. The van der Waals surface area contributed by atoms with Gasteiger partial charge in [0.15, 0.2) is 0 Å². The Hall–Kier alpha value is -1.10. The van der Waals surface area contributed by atoms with Crippen molar-refractivity contribution in [1.29, 1.82) is 0 Å². The van der Waals surface area contributed by atoms with Gasteiger partial charge in [-0.3, -0.25) is 14.5 Å². The van der Waals surface area contributed by atoms with E-state index in [0.717, 1.165) is 12.8 Å². The Balaban J connectivity index is 2.39. The Morgan fingerprint density at radius 1 is 1.19 bits per heavy atom. The van der Waals surface area contributed by atoms with Crippen molar-refractivity contribution in [1.82, 2.24) is 15.5 Å². The van der Waals surface area contributed by atoms with Gasteiger partial charge in [-0.25, -0.2) is 0 Å². The van der Waals surface area contributed by atoms with Gasteiger partial charge >= 0.3 is 0 Å². The van der Waals surface area contributed by atoms with E-state index in [0.29, 0.717) is 6.04 Å². The number of carbonyl (C=O) groups is 2. The summed E-state index contributed by atoms with van der Waals surface area (Å²) in [6, 6.07) is 0.0168. The van der Waals surface area contributed by atoms with Crippen LogP contribution in [0.4, 0.5) is 0 Å². The smallest absolute Gasteiger partial charge is 0.237 e. The van der Waals surface area contributed by atoms with Crippen LogP contribution in [-0.2, 0) is 9.59 Å². The van der Waals surface area contributed by atoms with Crippen LogP contribution in [0.2, 0.25) is 0 Å². The van der Waals surface area contributed by atoms with Crippen molar-refractivity contribution in [3.63, 3.8) is 0 Å². The zero-order valence-electron chi connectivity index (χ0n) is 14.2. The van der Waals surface area contributed by atoms with Gasteiger partial charge in [-0.15, -0.1) is 0 Å². The average molecular weight is 297 g/mol. The first-order chi connectivity index (χ1) is 9.69. The molecule has 1 fully saturated rings. The zero-order valence-corrected chi connectivity index (χ0v) is 14.2. The minimum Gasteiger partial charge on any atom is -0.352 e. The molecule has 1 atom stereocenters. The molecule has 1 aliphatic carbocycles. The predicted octanol–water partition coefficient (Wildman–Crippen LogP) is 1.67. The normalized spacial score (nSPS) is 18.4. The second kappa shape index (κ2) is 7.78. The van der Waals surface area contributed by atoms with Crippen LogP contribution < -0.4 is 10.6 Å². The highest BCUT2D eigenvalue weighted by molar-refractivity contribution is 5.83. The monoisotopic (exact) mass is 297 g/mol. The Kier molecular flexibility index (Phi) is 6.65. The van der Waals surface area contributed by atoms with Crippen molar-refractivity contribution in [2.24, 2.45) is 0 Å². The summed E-state index contributed by atoms with van der Waals surface area (Å²) in [4.78, 5) is 25.9. The Morgan fingerprint density at radius 3 is 2.29 bits per heavy atom. The number of hydrogen-bond donors (Lipinski definition) is 2. The largest absolute Gasteiger partial charge is 0.352 e. The van der Waals surface area contributed by atoms with Gasteiger partial charge < -0.3 is 10.6 Å². The molecule has 0 unspecified atom stereocenters. The Morgan fingerprint density at radius 2 is 1.76 bits per heavy atom. The molecule has 122 valence electrons. The third-order valence-electron chi connectivity index (χ3n) is 3.90. The molecule has 0 heterocycles. The molecule has 1 saturated carbocycles. The summed E-state index contributed by atoms with van der Waals surface area (Å²) in [7, 11) is 1.81. The third-order valence-corrected chi connectivity index (χ3v) is 3.90. The summed E-state index contributed by atoms with van der Waals surface area (Å²) < 4.78 is 0. The molecule has 0 spiro atoms. The SMILES string of the molecule is C[C@H](C(=O)NC1CCCCC1)N(C)CC(=O)NC(C)(C)C. The van der Waals surface area contributed by atoms with Gasteiger partial charge in [0.2, 0.25) is 11.8 Å². The number of carbonyl (C=O) groups excluding carboxylic acids is 2. The zero-order chi connectivity index (χ0) is 16.0. The molecule has 1 rings (SSSR count). The first-order valence-corrected chi connectivity index (χ1v) is 8.00. The van der Waals surface area contributed by atoms with E-state index < -0.39 is 0 Å². The quantitative estimate of drug-likeness (QED) is 0.811. The fourth-order valence-electron chi connectivity index (χ4n) is 2.59. The highest BCUT2D eigenvalue weighted by Gasteiger charge is 2.24. The van der Waals surface area contributed by atoms with Crippen LogP contribution in [-0.4, -0.2) is 47.9 Å². The van der Waals surface area contributed by atoms with Crippen LogP contribution in [0.25, 0.3) is 0 Å². The number of likely N-dealkylation sites (N-methyl/N-ethyl adjacent to an activating group) is 1. The molecule has 1 aliphatic rings. The predicted molar refractivity (Wildman–Crippen MR) is 85.0 cm³/mol. The molecule has 5 heteroatoms. The number of rotatable bonds is 5. The first-order valence-electron chi connectivity index (χ1n) is 8.00. The van der Waals surface area contributed by atoms with Crippen molar-refractivity contribution in [2.75, 3.05) is 13.6 Å². The Labute approximate surface area is 128 Å². The van der Waals surface area contributed by atoms with Gasteiger partial charge in [-0.2, -0.15) is 0 Å². The van der Waals surface area contributed by atoms with Crippen molar-refractivity contribution >= 4 is 11.8 Å². The molecular weight excluding hydrogens is 266 g/mol. The molecule has 0 saturated heterocycles. The van der Waals surface area contributed by atoms with Crippen LogP contribution in [0, 0.1) is 0 Å². The summed E-state index contributed by atoms with van der Waals surface area (Å²) in [5.74, 6) is -0.0322. The maximum atomic E-state index is 12.2. The van der Waals surface area contributed by atoms with Gasteiger partial charge in [0.1, 0.15) is 0 Å². The minimum absolute atomic E-state index is 0.0213. The van der Waals surface area contributed by atoms with E-state index in [1.807, 2.05) is 34.7 Å². The van der Waals surface area contributed by atoms with Crippen LogP contribution >= 0.6 is 0 Å². The van der Waals surface area contributed by atoms with Gasteiger partial charge in [-0.05, 0) is 47.6 Å². The summed E-state index contributed by atoms with van der Waals surface area (Å²) in [6.07, 6.45) is 5.82. The Bertz CT molecular complexity index is 357. The van der Waals surface area contributed by atoms with E-state index in [-0.39, 0.29) is 29.9 Å². The van der Waals surface area contributed by atoms with E-state index in [4.69, 9.17) is 0 Å². The summed E-state index contributed by atoms with van der Waals surface area (Å²) in [5.41, 5.74) is -0.245. The van der Waals surface area contributed by atoms with Crippen LogP contribution in [0.1, 0.15) is 59.8 Å². The standard InChI is InChI=1S/C16H31N3O2/c1-12(15(21)17-13-9-7-6-8-10-13)19(5)11-14(20)18-16(2,3)4/h12-13H,6-11H2,1-5H3,(H,17,21)(H,18,20)/t12-/m1/s1. The molecule has 5 nitrogen and oxygen atoms in total. The van der Waals surface area contributed by atoms with Crippen molar-refractivity contribution in [3.8, 4) is 0 Å². The summed E-state index contributed by atoms with van der Waals surface area (Å²) in [6.45, 7) is 7.93. The number of amides is 2. The lowest BCUT2D eigenvalue weighted by molar-refractivity contribution is -0.128. The molecule has 0 bridgehead atoms. The molecule has 0 aromatic rings. The summed E-state index contributed by atoms with van der Waals surface area (Å²) in [5, 5.41) is 6.02. The molecular formula is C16H31N3O2. The first kappa shape index (κ1) is 18.0. The van der Waals surface area contributed by atoms with E-state index in [9.17, 15) is 9.59 Å². The second-order valence-electron chi connectivity index (χ2n) is 7.23. The topological polar surface area (TPSA) is 61.4 Å². The maximum absolute atomic E-state index is 12.2. The van der Waals surface area contributed by atoms with Crippen LogP contribution in [0.15, 0.2) is 0 Å². The highest BCUT2D eigenvalue weighted by Crippen LogP contribution is 2.17. The average Bonchev–Trinajstić information content (AvgIpc) is 2.36. The van der Waals surface area contributed by atoms with Gasteiger partial charge in [-0.1, -0.05) is 19.3 Å². The van der Waals surface area contributed by atoms with E-state index >= 15 is 0 Å². The molecule has 2 amide bonds. The summed E-state index contributed by atoms with van der Waals surface area (Å²) >= 11 is 0. The minimum atomic E-state index is -0.294. The molecule has 0 aromatic heterocycles. The fraction of sp³-hybridized carbons (Fsp3) is 0.875. The fourth-order valence-corrected chi connectivity index (χ4v) is 2.59. The van der Waals surface area contributed by atoms with Crippen LogP contribution in [0.3, 0.4) is 0 Å². The maximum Gasteiger partial charge on any atom is 0.237 e. The molecule has 0 aliphatic heterocycles. The molecule has 0 aromatic carbocycles. The number of nitrogens with one attached hydrogen (secondary N) is 2. The van der Waals surface area contributed by atoms with Crippen molar-refractivity contribution in [3.05, 3.63) is 0 Å². The lowest BCUT2D eigenvalue weighted by Gasteiger charge is -2.29. The van der Waals surface area contributed by atoms with Crippen molar-refractivity contribution < 1.29 is 9.59 Å². The molecule has 2 N–H and O–H groups in total. The van der Waals surface area contributed by atoms with Gasteiger partial charge in [0, 0.05) is 11.6 Å². The van der Waals surface area contributed by atoms with Gasteiger partial charge in [0.25, 0.3) is 0 Å². The number of nitrogens with zero attached hydrogens (tertiary/aromatic N) is 1. The lowest BCUT2D eigenvalue weighted by Crippen LogP contribution is -2.51. The van der Waals surface area contributed by atoms with Crippen molar-refractivity contribution in [2.45, 2.75) is 77.4 Å². The number of hydrogen-bond acceptors (Lipinski definition) is 3. The molecule has 0 radical (unpaired) electrons. The van der Waals surface area contributed by atoms with Gasteiger partial charge in [0.05, 0.1) is 12.6 Å². The highest BCUT2D eigenvalue weighted by atomic mass is 16.2. The lowest BCUT2D eigenvalue weighted by atomic mass is 9.95. The molecule has 21 heavy (non-hydrogen) atoms. The van der Waals surface area contributed by atoms with Crippen LogP contribution in [0.5, 0.6) is 0 Å². The van der Waals surface area contributed by atoms with E-state index in [1.165, 1.54) is 19.3 Å². The van der Waals surface area contributed by atoms with E-state index in [1.54, 1.807) is 4.90 Å². The van der Waals surface area contributed by atoms with E-state index in [2.05, 4.69) is 10.6 Å².